The Kier molecular flexibility index (Phi) is 4.19. The van der Waals surface area contributed by atoms with E-state index in [1.807, 2.05) is 24.3 Å². The van der Waals surface area contributed by atoms with Crippen LogP contribution in [0.15, 0.2) is 29.2 Å². The van der Waals surface area contributed by atoms with Gasteiger partial charge in [-0.15, -0.1) is 11.8 Å². The fourth-order valence-corrected chi connectivity index (χ4v) is 4.44. The molecule has 0 atom stereocenters. The quantitative estimate of drug-likeness (QED) is 0.639. The number of thioether (sulfide) groups is 1. The van der Waals surface area contributed by atoms with Gasteiger partial charge in [0, 0.05) is 29.4 Å². The molecule has 18 heavy (non-hydrogen) atoms. The molecule has 100 valence electrons. The van der Waals surface area contributed by atoms with Crippen molar-refractivity contribution in [2.45, 2.75) is 23.8 Å². The molecular weight excluding hydrogens is 268 g/mol. The third kappa shape index (κ3) is 3.40. The summed E-state index contributed by atoms with van der Waals surface area (Å²) in [6.45, 7) is 0. The van der Waals surface area contributed by atoms with Crippen LogP contribution < -0.4 is 5.73 Å². The smallest absolute Gasteiger partial charge is 0.214 e. The number of rotatable bonds is 6. The molecule has 1 saturated carbocycles. The number of nitrogen functional groups attached to an aromatic ring is 1. The summed E-state index contributed by atoms with van der Waals surface area (Å²) in [6, 6.07) is 7.76. The monoisotopic (exact) mass is 286 g/mol. The van der Waals surface area contributed by atoms with Crippen molar-refractivity contribution < 1.29 is 8.42 Å². The molecule has 0 heterocycles. The topological polar surface area (TPSA) is 63.4 Å². The van der Waals surface area contributed by atoms with Crippen molar-refractivity contribution in [3.05, 3.63) is 24.3 Å². The highest BCUT2D eigenvalue weighted by molar-refractivity contribution is 8.00. The molecule has 0 saturated heterocycles. The highest BCUT2D eigenvalue weighted by atomic mass is 32.2. The van der Waals surface area contributed by atoms with Gasteiger partial charge in [-0.1, -0.05) is 12.1 Å². The van der Waals surface area contributed by atoms with Crippen molar-refractivity contribution in [3.8, 4) is 0 Å². The molecule has 0 unspecified atom stereocenters. The first-order chi connectivity index (χ1) is 8.50. The lowest BCUT2D eigenvalue weighted by Gasteiger charge is -2.16. The van der Waals surface area contributed by atoms with Gasteiger partial charge in [0.15, 0.2) is 0 Å². The number of sulfonamides is 1. The lowest BCUT2D eigenvalue weighted by atomic mass is 10.3. The molecule has 1 aliphatic rings. The van der Waals surface area contributed by atoms with Crippen molar-refractivity contribution >= 4 is 27.5 Å². The standard InChI is InChI=1S/C12H18N2O2S2/c1-14(10-6-7-10)18(15,16)9-8-17-12-5-3-2-4-11(12)13/h2-5,10H,6-9,13H2,1H3. The SMILES string of the molecule is CN(C1CC1)S(=O)(=O)CCSc1ccccc1N. The maximum atomic E-state index is 12.0. The Hall–Kier alpha value is -0.720. The third-order valence-corrected chi connectivity index (χ3v) is 6.26. The van der Waals surface area contributed by atoms with Crippen LogP contribution in [-0.2, 0) is 10.0 Å². The van der Waals surface area contributed by atoms with Gasteiger partial charge in [0.2, 0.25) is 10.0 Å². The van der Waals surface area contributed by atoms with E-state index in [4.69, 9.17) is 5.73 Å². The zero-order chi connectivity index (χ0) is 13.2. The van der Waals surface area contributed by atoms with E-state index < -0.39 is 10.0 Å². The number of nitrogens with two attached hydrogens (primary N) is 1. The van der Waals surface area contributed by atoms with Crippen LogP contribution in [0.2, 0.25) is 0 Å². The predicted molar refractivity (Wildman–Crippen MR) is 76.2 cm³/mol. The second-order valence-electron chi connectivity index (χ2n) is 4.45. The number of para-hydroxylation sites is 1. The molecule has 0 aliphatic heterocycles. The molecule has 0 bridgehead atoms. The third-order valence-electron chi connectivity index (χ3n) is 3.02. The van der Waals surface area contributed by atoms with Crippen LogP contribution >= 0.6 is 11.8 Å². The Morgan fingerprint density at radius 1 is 1.39 bits per heavy atom. The van der Waals surface area contributed by atoms with E-state index in [9.17, 15) is 8.42 Å². The van der Waals surface area contributed by atoms with Crippen molar-refractivity contribution in [1.29, 1.82) is 0 Å². The first-order valence-electron chi connectivity index (χ1n) is 5.94. The molecule has 4 nitrogen and oxygen atoms in total. The molecule has 1 aromatic carbocycles. The Morgan fingerprint density at radius 3 is 2.67 bits per heavy atom. The molecule has 1 aromatic rings. The maximum absolute atomic E-state index is 12.0. The van der Waals surface area contributed by atoms with Crippen LogP contribution in [0, 0.1) is 0 Å². The Bertz CT molecular complexity index is 513. The highest BCUT2D eigenvalue weighted by Crippen LogP contribution is 2.29. The second kappa shape index (κ2) is 5.50. The maximum Gasteiger partial charge on any atom is 0.214 e. The van der Waals surface area contributed by atoms with Gasteiger partial charge in [-0.25, -0.2) is 12.7 Å². The van der Waals surface area contributed by atoms with Gasteiger partial charge in [0.05, 0.1) is 5.75 Å². The van der Waals surface area contributed by atoms with E-state index in [1.165, 1.54) is 16.1 Å². The molecule has 2 N–H and O–H groups in total. The van der Waals surface area contributed by atoms with Crippen LogP contribution in [0.3, 0.4) is 0 Å². The zero-order valence-corrected chi connectivity index (χ0v) is 12.0. The van der Waals surface area contributed by atoms with Gasteiger partial charge in [-0.3, -0.25) is 0 Å². The normalized spacial score (nSPS) is 16.1. The van der Waals surface area contributed by atoms with Crippen LogP contribution in [0.1, 0.15) is 12.8 Å². The van der Waals surface area contributed by atoms with E-state index in [2.05, 4.69) is 0 Å². The first-order valence-corrected chi connectivity index (χ1v) is 8.53. The van der Waals surface area contributed by atoms with E-state index in [-0.39, 0.29) is 11.8 Å². The summed E-state index contributed by atoms with van der Waals surface area (Å²) in [5.74, 6) is 0.701. The fraction of sp³-hybridized carbons (Fsp3) is 0.500. The molecule has 1 aliphatic carbocycles. The van der Waals surface area contributed by atoms with Gasteiger partial charge < -0.3 is 5.73 Å². The molecular formula is C12H18N2O2S2. The molecule has 1 fully saturated rings. The van der Waals surface area contributed by atoms with Crippen molar-refractivity contribution in [3.63, 3.8) is 0 Å². The van der Waals surface area contributed by atoms with Crippen LogP contribution in [0.25, 0.3) is 0 Å². The van der Waals surface area contributed by atoms with Crippen LogP contribution in [0.5, 0.6) is 0 Å². The number of hydrogen-bond donors (Lipinski definition) is 1. The van der Waals surface area contributed by atoms with Gasteiger partial charge in [0.1, 0.15) is 0 Å². The van der Waals surface area contributed by atoms with Crippen LogP contribution in [-0.4, -0.2) is 37.3 Å². The molecule has 6 heteroatoms. The average Bonchev–Trinajstić information content (AvgIpc) is 3.14. The molecule has 0 aromatic heterocycles. The van der Waals surface area contributed by atoms with Crippen molar-refractivity contribution in [2.24, 2.45) is 0 Å². The van der Waals surface area contributed by atoms with Gasteiger partial charge in [-0.05, 0) is 25.0 Å². The summed E-state index contributed by atoms with van der Waals surface area (Å²) in [7, 11) is -1.43. The number of benzene rings is 1. The Balaban J connectivity index is 1.87. The zero-order valence-electron chi connectivity index (χ0n) is 10.4. The lowest BCUT2D eigenvalue weighted by Crippen LogP contribution is -2.31. The highest BCUT2D eigenvalue weighted by Gasteiger charge is 2.33. The average molecular weight is 286 g/mol. The lowest BCUT2D eigenvalue weighted by molar-refractivity contribution is 0.465. The van der Waals surface area contributed by atoms with E-state index in [1.54, 1.807) is 7.05 Å². The summed E-state index contributed by atoms with van der Waals surface area (Å²) < 4.78 is 25.5. The Morgan fingerprint density at radius 2 is 2.06 bits per heavy atom. The van der Waals surface area contributed by atoms with Crippen molar-refractivity contribution in [2.75, 3.05) is 24.3 Å². The number of hydrogen-bond acceptors (Lipinski definition) is 4. The molecule has 0 radical (unpaired) electrons. The predicted octanol–water partition coefficient (Wildman–Crippen LogP) is 1.78. The van der Waals surface area contributed by atoms with Gasteiger partial charge in [-0.2, -0.15) is 0 Å². The minimum Gasteiger partial charge on any atom is -0.398 e. The first kappa shape index (κ1) is 13.7. The summed E-state index contributed by atoms with van der Waals surface area (Å²) in [4.78, 5) is 0.946. The summed E-state index contributed by atoms with van der Waals surface area (Å²) in [6.07, 6.45) is 1.99. The summed E-state index contributed by atoms with van der Waals surface area (Å²) in [5, 5.41) is 0. The summed E-state index contributed by atoms with van der Waals surface area (Å²) in [5.41, 5.74) is 6.51. The van der Waals surface area contributed by atoms with E-state index in [0.29, 0.717) is 11.4 Å². The summed E-state index contributed by atoms with van der Waals surface area (Å²) >= 11 is 1.49. The van der Waals surface area contributed by atoms with Crippen molar-refractivity contribution in [1.82, 2.24) is 4.31 Å². The van der Waals surface area contributed by atoms with E-state index in [0.717, 1.165) is 17.7 Å². The van der Waals surface area contributed by atoms with E-state index >= 15 is 0 Å². The largest absolute Gasteiger partial charge is 0.398 e. The Labute approximate surface area is 113 Å². The number of anilines is 1. The van der Waals surface area contributed by atoms with Gasteiger partial charge >= 0.3 is 0 Å². The number of nitrogens with zero attached hydrogens (tertiary/aromatic N) is 1. The molecule has 0 spiro atoms. The fourth-order valence-electron chi connectivity index (χ4n) is 1.68. The van der Waals surface area contributed by atoms with Gasteiger partial charge in [0.25, 0.3) is 0 Å². The molecule has 2 rings (SSSR count). The minimum absolute atomic E-state index is 0.166. The molecule has 0 amide bonds. The minimum atomic E-state index is -3.11. The van der Waals surface area contributed by atoms with Crippen LogP contribution in [0.4, 0.5) is 5.69 Å². The second-order valence-corrected chi connectivity index (χ2v) is 7.73.